The number of hydrogen-bond donors (Lipinski definition) is 0. The minimum absolute atomic E-state index is 0.981. The average Bonchev–Trinajstić information content (AvgIpc) is 3.11. The summed E-state index contributed by atoms with van der Waals surface area (Å²) in [6.45, 7) is 2.00. The number of fused-ring (bicyclic) bond motifs is 2. The van der Waals surface area contributed by atoms with Crippen molar-refractivity contribution in [3.8, 4) is 0 Å². The van der Waals surface area contributed by atoms with Crippen LogP contribution in [0, 0.1) is 0 Å². The molecule has 0 aliphatic rings. The van der Waals surface area contributed by atoms with E-state index in [2.05, 4.69) is 181 Å². The summed E-state index contributed by atoms with van der Waals surface area (Å²) in [4.78, 5) is 4.30. The van der Waals surface area contributed by atoms with Crippen molar-refractivity contribution >= 4 is 66.7 Å². The van der Waals surface area contributed by atoms with E-state index in [1.165, 1.54) is 55.4 Å². The third-order valence-corrected chi connectivity index (χ3v) is 11.2. The molecule has 0 aliphatic heterocycles. The topological polar surface area (TPSA) is 14.2 Å². The van der Waals surface area contributed by atoms with Crippen LogP contribution in [0.1, 0.15) is 22.5 Å². The molecule has 4 aromatic carbocycles. The van der Waals surface area contributed by atoms with Crippen LogP contribution < -0.4 is 18.9 Å². The highest BCUT2D eigenvalue weighted by Crippen LogP contribution is 2.25. The van der Waals surface area contributed by atoms with Crippen molar-refractivity contribution in [2.24, 2.45) is 0 Å². The molecule has 0 amide bonds. The van der Waals surface area contributed by atoms with Gasteiger partial charge >= 0.3 is 0 Å². The van der Waals surface area contributed by atoms with Crippen LogP contribution in [0.2, 0.25) is 0 Å². The fraction of sp³-hybridized carbons (Fsp3) is 0.238. The Morgan fingerprint density at radius 1 is 0.542 bits per heavy atom. The lowest BCUT2D eigenvalue weighted by atomic mass is 10.0. The lowest BCUT2D eigenvalue weighted by Crippen LogP contribution is -2.39. The van der Waals surface area contributed by atoms with Gasteiger partial charge in [0.15, 0.2) is 31.2 Å². The van der Waals surface area contributed by atoms with E-state index < -0.39 is 0 Å². The third kappa shape index (κ3) is 8.80. The largest absolute Gasteiger partial charge is 0.378 e. The van der Waals surface area contributed by atoms with Crippen molar-refractivity contribution in [1.29, 1.82) is 0 Å². The van der Waals surface area contributed by atoms with Crippen LogP contribution in [-0.4, -0.2) is 39.7 Å². The van der Waals surface area contributed by atoms with Crippen LogP contribution in [0.25, 0.3) is 33.7 Å². The molecule has 6 aromatic rings. The Morgan fingerprint density at radius 3 is 1.83 bits per heavy atom. The van der Waals surface area contributed by atoms with Crippen molar-refractivity contribution in [1.82, 2.24) is 0 Å². The van der Waals surface area contributed by atoms with Gasteiger partial charge in [-0.15, -0.1) is 0 Å². The summed E-state index contributed by atoms with van der Waals surface area (Å²) >= 11 is 0. The Bertz CT molecular complexity index is 2020. The number of rotatable bonds is 14. The van der Waals surface area contributed by atoms with Crippen molar-refractivity contribution in [3.05, 3.63) is 144 Å². The summed E-state index contributed by atoms with van der Waals surface area (Å²) in [5.41, 5.74) is 7.69. The highest BCUT2D eigenvalue weighted by molar-refractivity contribution is 8.76. The summed E-state index contributed by atoms with van der Waals surface area (Å²) in [6, 6.07) is 40.0. The second-order valence-electron chi connectivity index (χ2n) is 12.6. The molecular formula is C42H46N4S2+2. The van der Waals surface area contributed by atoms with E-state index in [-0.39, 0.29) is 0 Å². The minimum Gasteiger partial charge on any atom is -0.378 e. The number of aryl methyl sites for hydroxylation is 4. The molecule has 4 nitrogen and oxygen atoms in total. The summed E-state index contributed by atoms with van der Waals surface area (Å²) in [7, 11) is 12.3. The zero-order chi connectivity index (χ0) is 33.3. The monoisotopic (exact) mass is 670 g/mol. The van der Waals surface area contributed by atoms with Crippen LogP contribution in [0.3, 0.4) is 0 Å². The Morgan fingerprint density at radius 2 is 1.12 bits per heavy atom. The summed E-state index contributed by atoms with van der Waals surface area (Å²) in [5.74, 6) is 2.15. The van der Waals surface area contributed by atoms with Gasteiger partial charge in [-0.3, -0.25) is 0 Å². The standard InChI is InChI=1S/C42H46N4S2/c1-43(2)41-21-17-35-29-33(11-15-37(35)31-41)13-19-39-9-5-7-23-45(39)25-27-47-48-28-26-46-24-8-6-10-40(46)20-14-34-12-16-38-32-42(44(3)4)22-18-36(38)30-34/h5-13,15-19,21-24,29-32H,14,20,25-28H2,1-4H3/q+2. The zero-order valence-electron chi connectivity index (χ0n) is 28.5. The van der Waals surface area contributed by atoms with Crippen molar-refractivity contribution in [2.75, 3.05) is 49.5 Å². The number of hydrogen-bond acceptors (Lipinski definition) is 4. The first kappa shape index (κ1) is 33.6. The molecular weight excluding hydrogens is 625 g/mol. The lowest BCUT2D eigenvalue weighted by molar-refractivity contribution is -0.699. The highest BCUT2D eigenvalue weighted by Gasteiger charge is 2.12. The highest BCUT2D eigenvalue weighted by atomic mass is 33.1. The van der Waals surface area contributed by atoms with Gasteiger partial charge in [-0.2, -0.15) is 4.57 Å². The predicted octanol–water partition coefficient (Wildman–Crippen LogP) is 8.74. The second-order valence-corrected chi connectivity index (χ2v) is 15.3. The molecule has 0 unspecified atom stereocenters. The molecule has 244 valence electrons. The maximum Gasteiger partial charge on any atom is 0.205 e. The van der Waals surface area contributed by atoms with Gasteiger partial charge in [0.1, 0.15) is 0 Å². The fourth-order valence-electron chi connectivity index (χ4n) is 5.99. The van der Waals surface area contributed by atoms with Crippen LogP contribution in [0.4, 0.5) is 11.4 Å². The molecule has 0 aliphatic carbocycles. The first-order valence-electron chi connectivity index (χ1n) is 16.7. The van der Waals surface area contributed by atoms with Gasteiger partial charge in [-0.25, -0.2) is 4.57 Å². The van der Waals surface area contributed by atoms with E-state index in [4.69, 9.17) is 0 Å². The van der Waals surface area contributed by atoms with E-state index >= 15 is 0 Å². The molecule has 0 saturated heterocycles. The Balaban J connectivity index is 0.975. The Labute approximate surface area is 294 Å². The van der Waals surface area contributed by atoms with Crippen LogP contribution in [0.15, 0.2) is 122 Å². The molecule has 0 bridgehead atoms. The molecule has 0 fully saturated rings. The Hall–Kier alpha value is -4.26. The maximum atomic E-state index is 2.43. The molecule has 0 atom stereocenters. The Kier molecular flexibility index (Phi) is 11.4. The van der Waals surface area contributed by atoms with Gasteiger partial charge in [0.25, 0.3) is 0 Å². The first-order valence-corrected chi connectivity index (χ1v) is 19.2. The van der Waals surface area contributed by atoms with E-state index in [1.807, 2.05) is 21.6 Å². The van der Waals surface area contributed by atoms with E-state index in [0.29, 0.717) is 0 Å². The summed E-state index contributed by atoms with van der Waals surface area (Å²) in [6.07, 6.45) is 11.0. The maximum absolute atomic E-state index is 2.43. The SMILES string of the molecule is CN(C)c1ccc2cc(/C=C/c3cccc[n+]3CCSSCC[n+]3ccccc3CCc3ccc4cc(N(C)C)ccc4c3)ccc2c1. The molecule has 2 aromatic heterocycles. The lowest BCUT2D eigenvalue weighted by Gasteiger charge is -2.13. The predicted molar refractivity (Wildman–Crippen MR) is 211 cm³/mol. The normalized spacial score (nSPS) is 11.5. The third-order valence-electron chi connectivity index (χ3n) is 8.81. The minimum atomic E-state index is 0.981. The van der Waals surface area contributed by atoms with Crippen molar-refractivity contribution < 1.29 is 9.13 Å². The van der Waals surface area contributed by atoms with Crippen molar-refractivity contribution in [2.45, 2.75) is 25.9 Å². The molecule has 0 N–H and O–H groups in total. The number of aromatic nitrogens is 2. The van der Waals surface area contributed by atoms with Crippen LogP contribution in [0.5, 0.6) is 0 Å². The van der Waals surface area contributed by atoms with E-state index in [1.54, 1.807) is 0 Å². The average molecular weight is 671 g/mol. The quantitative estimate of drug-likeness (QED) is 0.0654. The summed E-state index contributed by atoms with van der Waals surface area (Å²) < 4.78 is 4.78. The van der Waals surface area contributed by atoms with Crippen molar-refractivity contribution in [3.63, 3.8) is 0 Å². The van der Waals surface area contributed by atoms with Crippen LogP contribution >= 0.6 is 21.6 Å². The van der Waals surface area contributed by atoms with Gasteiger partial charge in [-0.05, 0) is 81.6 Å². The fourth-order valence-corrected chi connectivity index (χ4v) is 7.93. The van der Waals surface area contributed by atoms with Gasteiger partial charge in [0.2, 0.25) is 5.69 Å². The molecule has 6 heteroatoms. The molecule has 48 heavy (non-hydrogen) atoms. The van der Waals surface area contributed by atoms with Gasteiger partial charge in [-0.1, -0.05) is 70.1 Å². The molecule has 2 heterocycles. The molecule has 0 radical (unpaired) electrons. The van der Waals surface area contributed by atoms with Gasteiger partial charge in [0.05, 0.1) is 11.5 Å². The molecule has 6 rings (SSSR count). The number of nitrogens with zero attached hydrogens (tertiary/aromatic N) is 4. The number of pyridine rings is 2. The second kappa shape index (κ2) is 16.2. The zero-order valence-corrected chi connectivity index (χ0v) is 30.2. The van der Waals surface area contributed by atoms with E-state index in [0.717, 1.165) is 37.4 Å². The summed E-state index contributed by atoms with van der Waals surface area (Å²) in [5, 5.41) is 5.15. The van der Waals surface area contributed by atoms with Gasteiger partial charge in [0, 0.05) is 76.3 Å². The molecule has 0 spiro atoms. The van der Waals surface area contributed by atoms with E-state index in [9.17, 15) is 0 Å². The van der Waals surface area contributed by atoms with Gasteiger partial charge < -0.3 is 9.80 Å². The molecule has 0 saturated carbocycles. The first-order chi connectivity index (χ1) is 23.4. The van der Waals surface area contributed by atoms with Crippen LogP contribution in [-0.2, 0) is 25.9 Å². The number of anilines is 2. The number of benzene rings is 4. The smallest absolute Gasteiger partial charge is 0.205 e.